The first kappa shape index (κ1) is 18.9. The van der Waals surface area contributed by atoms with Crippen LogP contribution in [0.4, 0.5) is 0 Å². The molecule has 2 aliphatic heterocycles. The highest BCUT2D eigenvalue weighted by atomic mass is 16.2. The first-order valence-corrected chi connectivity index (χ1v) is 10.3. The molecule has 150 valence electrons. The topological polar surface area (TPSA) is 61.2 Å². The quantitative estimate of drug-likeness (QED) is 0.801. The largest absolute Gasteiger partial charge is 0.340 e. The summed E-state index contributed by atoms with van der Waals surface area (Å²) in [5.74, 6) is 0.343. The van der Waals surface area contributed by atoms with E-state index in [0.29, 0.717) is 32.1 Å². The number of piperazine rings is 1. The molecule has 7 nitrogen and oxygen atoms in total. The predicted molar refractivity (Wildman–Crippen MR) is 107 cm³/mol. The van der Waals surface area contributed by atoms with Gasteiger partial charge in [0.25, 0.3) is 0 Å². The van der Waals surface area contributed by atoms with Gasteiger partial charge >= 0.3 is 0 Å². The summed E-state index contributed by atoms with van der Waals surface area (Å²) in [6.07, 6.45) is 7.62. The molecule has 1 atom stereocenters. The molecule has 2 aliphatic rings. The Morgan fingerprint density at radius 1 is 1.07 bits per heavy atom. The summed E-state index contributed by atoms with van der Waals surface area (Å²) >= 11 is 0. The third kappa shape index (κ3) is 4.19. The lowest BCUT2D eigenvalue weighted by molar-refractivity contribution is -0.137. The van der Waals surface area contributed by atoms with Crippen LogP contribution in [-0.4, -0.2) is 81.2 Å². The molecule has 2 aromatic rings. The molecule has 2 amide bonds. The fraction of sp³-hybridized carbons (Fsp3) is 0.571. The van der Waals surface area contributed by atoms with E-state index in [4.69, 9.17) is 0 Å². The van der Waals surface area contributed by atoms with Crippen molar-refractivity contribution in [1.29, 1.82) is 0 Å². The van der Waals surface area contributed by atoms with Crippen molar-refractivity contribution in [3.05, 3.63) is 36.3 Å². The van der Waals surface area contributed by atoms with E-state index in [-0.39, 0.29) is 11.8 Å². The lowest BCUT2D eigenvalue weighted by Crippen LogP contribution is -2.53. The fourth-order valence-electron chi connectivity index (χ4n) is 4.25. The fourth-order valence-corrected chi connectivity index (χ4v) is 4.25. The lowest BCUT2D eigenvalue weighted by atomic mass is 10.0. The van der Waals surface area contributed by atoms with Crippen LogP contribution in [0.5, 0.6) is 0 Å². The van der Waals surface area contributed by atoms with Crippen molar-refractivity contribution in [3.63, 3.8) is 0 Å². The van der Waals surface area contributed by atoms with Crippen LogP contribution < -0.4 is 0 Å². The molecule has 0 radical (unpaired) electrons. The van der Waals surface area contributed by atoms with Crippen LogP contribution in [0.3, 0.4) is 0 Å². The van der Waals surface area contributed by atoms with Crippen LogP contribution in [0.2, 0.25) is 0 Å². The molecule has 28 heavy (non-hydrogen) atoms. The highest BCUT2D eigenvalue weighted by Crippen LogP contribution is 2.17. The summed E-state index contributed by atoms with van der Waals surface area (Å²) in [5.41, 5.74) is 1.66. The zero-order valence-corrected chi connectivity index (χ0v) is 16.6. The maximum absolute atomic E-state index is 12.6. The smallest absolute Gasteiger partial charge is 0.236 e. The molecule has 0 saturated carbocycles. The van der Waals surface area contributed by atoms with E-state index >= 15 is 0 Å². The standard InChI is InChI=1S/C21H29N5O2/c1-17-6-2-5-9-26(17)21(28)16-23-10-12-24(13-11-23)20(27)14-18-15-25-8-4-3-7-19(25)22-18/h3-4,7-8,15,17H,2,5-6,9-14,16H2,1H3/t17-/m0/s1. The van der Waals surface area contributed by atoms with Crippen molar-refractivity contribution in [1.82, 2.24) is 24.1 Å². The number of carbonyl (C=O) groups is 2. The minimum absolute atomic E-state index is 0.110. The van der Waals surface area contributed by atoms with Gasteiger partial charge < -0.3 is 14.2 Å². The number of fused-ring (bicyclic) bond motifs is 1. The molecular formula is C21H29N5O2. The first-order chi connectivity index (χ1) is 13.6. The van der Waals surface area contributed by atoms with Crippen molar-refractivity contribution in [2.24, 2.45) is 0 Å². The predicted octanol–water partition coefficient (Wildman–Crippen LogP) is 1.42. The second-order valence-electron chi connectivity index (χ2n) is 7.96. The maximum Gasteiger partial charge on any atom is 0.236 e. The summed E-state index contributed by atoms with van der Waals surface area (Å²) in [4.78, 5) is 35.9. The zero-order valence-electron chi connectivity index (χ0n) is 16.6. The van der Waals surface area contributed by atoms with Gasteiger partial charge in [-0.2, -0.15) is 0 Å². The summed E-state index contributed by atoms with van der Waals surface area (Å²) in [5, 5.41) is 0. The van der Waals surface area contributed by atoms with Crippen LogP contribution in [0.1, 0.15) is 31.9 Å². The van der Waals surface area contributed by atoms with Gasteiger partial charge in [-0.15, -0.1) is 0 Å². The number of nitrogens with zero attached hydrogens (tertiary/aromatic N) is 5. The highest BCUT2D eigenvalue weighted by Gasteiger charge is 2.27. The van der Waals surface area contributed by atoms with E-state index < -0.39 is 0 Å². The number of hydrogen-bond donors (Lipinski definition) is 0. The number of likely N-dealkylation sites (tertiary alicyclic amines) is 1. The average Bonchev–Trinajstić information content (AvgIpc) is 3.11. The summed E-state index contributed by atoms with van der Waals surface area (Å²) < 4.78 is 1.94. The first-order valence-electron chi connectivity index (χ1n) is 10.3. The molecule has 2 fully saturated rings. The highest BCUT2D eigenvalue weighted by molar-refractivity contribution is 5.79. The number of piperidine rings is 1. The average molecular weight is 383 g/mol. The Morgan fingerprint density at radius 3 is 2.64 bits per heavy atom. The summed E-state index contributed by atoms with van der Waals surface area (Å²) in [6.45, 7) is 6.36. The summed E-state index contributed by atoms with van der Waals surface area (Å²) in [6, 6.07) is 6.19. The third-order valence-electron chi connectivity index (χ3n) is 5.95. The minimum atomic E-state index is 0.110. The zero-order chi connectivity index (χ0) is 19.5. The van der Waals surface area contributed by atoms with E-state index in [9.17, 15) is 9.59 Å². The lowest BCUT2D eigenvalue weighted by Gasteiger charge is -2.38. The van der Waals surface area contributed by atoms with Gasteiger partial charge in [-0.1, -0.05) is 6.07 Å². The van der Waals surface area contributed by atoms with Crippen molar-refractivity contribution < 1.29 is 9.59 Å². The Hall–Kier alpha value is -2.41. The number of imidazole rings is 1. The number of amides is 2. The molecule has 0 aromatic carbocycles. The molecule has 7 heteroatoms. The SMILES string of the molecule is C[C@H]1CCCCN1C(=O)CN1CCN(C(=O)Cc2cn3ccccc3n2)CC1. The van der Waals surface area contributed by atoms with Gasteiger partial charge in [-0.25, -0.2) is 4.98 Å². The third-order valence-corrected chi connectivity index (χ3v) is 5.95. The normalized spacial score (nSPS) is 21.2. The number of hydrogen-bond acceptors (Lipinski definition) is 4. The van der Waals surface area contributed by atoms with Crippen LogP contribution in [0.15, 0.2) is 30.6 Å². The van der Waals surface area contributed by atoms with E-state index in [0.717, 1.165) is 43.8 Å². The Labute approximate surface area is 165 Å². The molecule has 0 N–H and O–H groups in total. The molecular weight excluding hydrogens is 354 g/mol. The molecule has 0 spiro atoms. The van der Waals surface area contributed by atoms with Gasteiger partial charge in [0.15, 0.2) is 0 Å². The minimum Gasteiger partial charge on any atom is -0.340 e. The van der Waals surface area contributed by atoms with Crippen molar-refractivity contribution in [2.75, 3.05) is 39.3 Å². The monoisotopic (exact) mass is 383 g/mol. The van der Waals surface area contributed by atoms with E-state index in [1.165, 1.54) is 6.42 Å². The van der Waals surface area contributed by atoms with Gasteiger partial charge in [0, 0.05) is 51.2 Å². The van der Waals surface area contributed by atoms with Gasteiger partial charge in [0.05, 0.1) is 18.7 Å². The molecule has 0 bridgehead atoms. The molecule has 4 rings (SSSR count). The molecule has 4 heterocycles. The molecule has 0 unspecified atom stereocenters. The molecule has 0 aliphatic carbocycles. The van der Waals surface area contributed by atoms with Crippen LogP contribution >= 0.6 is 0 Å². The van der Waals surface area contributed by atoms with E-state index in [1.807, 2.05) is 44.8 Å². The molecule has 2 saturated heterocycles. The number of pyridine rings is 1. The van der Waals surface area contributed by atoms with Crippen LogP contribution in [0.25, 0.3) is 5.65 Å². The van der Waals surface area contributed by atoms with Crippen molar-refractivity contribution in [3.8, 4) is 0 Å². The Morgan fingerprint density at radius 2 is 1.89 bits per heavy atom. The number of aromatic nitrogens is 2. The van der Waals surface area contributed by atoms with Crippen LogP contribution in [0, 0.1) is 0 Å². The number of rotatable bonds is 4. The van der Waals surface area contributed by atoms with Crippen molar-refractivity contribution >= 4 is 17.5 Å². The number of carbonyl (C=O) groups excluding carboxylic acids is 2. The summed E-state index contributed by atoms with van der Waals surface area (Å²) in [7, 11) is 0. The van der Waals surface area contributed by atoms with Gasteiger partial charge in [0.1, 0.15) is 5.65 Å². The second-order valence-corrected chi connectivity index (χ2v) is 7.96. The Kier molecular flexibility index (Phi) is 5.62. The van der Waals surface area contributed by atoms with Gasteiger partial charge in [0.2, 0.25) is 11.8 Å². The van der Waals surface area contributed by atoms with Crippen LogP contribution in [-0.2, 0) is 16.0 Å². The Balaban J connectivity index is 1.26. The maximum atomic E-state index is 12.6. The Bertz CT molecular complexity index is 807. The second kappa shape index (κ2) is 8.31. The van der Waals surface area contributed by atoms with Gasteiger partial charge in [-0.3, -0.25) is 14.5 Å². The van der Waals surface area contributed by atoms with E-state index in [1.54, 1.807) is 0 Å². The van der Waals surface area contributed by atoms with E-state index in [2.05, 4.69) is 16.8 Å². The van der Waals surface area contributed by atoms with Gasteiger partial charge in [-0.05, 0) is 38.3 Å². The van der Waals surface area contributed by atoms with Crippen molar-refractivity contribution in [2.45, 2.75) is 38.6 Å². The molecule has 2 aromatic heterocycles.